The van der Waals surface area contributed by atoms with Gasteiger partial charge in [0, 0.05) is 29.2 Å². The molecule has 7 rings (SSSR count). The largest absolute Gasteiger partial charge is 0.478 e. The Labute approximate surface area is 282 Å². The number of pyridine rings is 2. The Hall–Kier alpha value is -7.05. The van der Waals surface area contributed by atoms with Gasteiger partial charge in [0.1, 0.15) is 29.8 Å². The summed E-state index contributed by atoms with van der Waals surface area (Å²) < 4.78 is 1.99. The van der Waals surface area contributed by atoms with Crippen LogP contribution in [0, 0.1) is 11.3 Å². The SMILES string of the molecule is N#Cc1ccc(-c2ccc(CO/N=C/c3ccc(-c4nc5cc(-c6ccccc6)ccn5c4Nc4ccc(C(=O)O)cc4)cc3)cc2)nc1. The summed E-state index contributed by atoms with van der Waals surface area (Å²) in [5.74, 6) is -0.222. The summed E-state index contributed by atoms with van der Waals surface area (Å²) >= 11 is 0. The lowest BCUT2D eigenvalue weighted by Crippen LogP contribution is -1.99. The van der Waals surface area contributed by atoms with Gasteiger partial charge in [-0.25, -0.2) is 9.78 Å². The minimum atomic E-state index is -0.975. The van der Waals surface area contributed by atoms with Gasteiger partial charge in [-0.05, 0) is 70.8 Å². The molecule has 0 saturated carbocycles. The highest BCUT2D eigenvalue weighted by Crippen LogP contribution is 2.33. The molecule has 9 heteroatoms. The van der Waals surface area contributed by atoms with E-state index in [0.29, 0.717) is 12.2 Å². The number of hydrogen-bond acceptors (Lipinski definition) is 7. The number of imidazole rings is 1. The number of rotatable bonds is 10. The van der Waals surface area contributed by atoms with Crippen LogP contribution in [-0.2, 0) is 11.4 Å². The van der Waals surface area contributed by atoms with Crippen molar-refractivity contribution in [3.63, 3.8) is 0 Å². The van der Waals surface area contributed by atoms with E-state index in [2.05, 4.69) is 33.7 Å². The van der Waals surface area contributed by atoms with Crippen molar-refractivity contribution in [1.82, 2.24) is 14.4 Å². The minimum Gasteiger partial charge on any atom is -0.478 e. The Kier molecular flexibility index (Phi) is 8.58. The van der Waals surface area contributed by atoms with Gasteiger partial charge in [-0.15, -0.1) is 0 Å². The van der Waals surface area contributed by atoms with Crippen LogP contribution in [0.15, 0.2) is 145 Å². The molecule has 0 atom stereocenters. The third-order valence-electron chi connectivity index (χ3n) is 7.96. The van der Waals surface area contributed by atoms with Crippen LogP contribution in [0.2, 0.25) is 0 Å². The fourth-order valence-corrected chi connectivity index (χ4v) is 5.35. The van der Waals surface area contributed by atoms with Gasteiger partial charge in [-0.2, -0.15) is 5.26 Å². The molecule has 0 spiro atoms. The first kappa shape index (κ1) is 30.6. The number of carboxylic acid groups (broad SMARTS) is 1. The Morgan fingerprint density at radius 3 is 2.31 bits per heavy atom. The zero-order valence-corrected chi connectivity index (χ0v) is 26.1. The summed E-state index contributed by atoms with van der Waals surface area (Å²) in [5, 5.41) is 25.9. The fourth-order valence-electron chi connectivity index (χ4n) is 5.35. The van der Waals surface area contributed by atoms with E-state index in [1.807, 2.05) is 95.5 Å². The number of aromatic carboxylic acids is 1. The smallest absolute Gasteiger partial charge is 0.335 e. The van der Waals surface area contributed by atoms with Crippen molar-refractivity contribution in [1.29, 1.82) is 5.26 Å². The molecule has 0 aliphatic heterocycles. The van der Waals surface area contributed by atoms with E-state index in [1.165, 1.54) is 0 Å². The molecule has 0 radical (unpaired) electrons. The van der Waals surface area contributed by atoms with Crippen LogP contribution in [0.3, 0.4) is 0 Å². The molecule has 4 aromatic carbocycles. The molecule has 0 amide bonds. The summed E-state index contributed by atoms with van der Waals surface area (Å²) in [5.41, 5.74) is 9.60. The van der Waals surface area contributed by atoms with Crippen molar-refractivity contribution < 1.29 is 14.7 Å². The van der Waals surface area contributed by atoms with Gasteiger partial charge < -0.3 is 15.3 Å². The van der Waals surface area contributed by atoms with E-state index in [0.717, 1.165) is 61.9 Å². The van der Waals surface area contributed by atoms with Crippen LogP contribution < -0.4 is 5.32 Å². The molecule has 7 aromatic rings. The number of nitrogens with one attached hydrogen (secondary N) is 1. The molecule has 0 aliphatic carbocycles. The Bertz CT molecular complexity index is 2310. The van der Waals surface area contributed by atoms with Gasteiger partial charge in [-0.1, -0.05) is 84.0 Å². The lowest BCUT2D eigenvalue weighted by molar-refractivity contribution is 0.0697. The van der Waals surface area contributed by atoms with E-state index in [1.54, 1.807) is 42.7 Å². The molecular weight excluding hydrogens is 612 g/mol. The number of benzene rings is 4. The molecule has 0 saturated heterocycles. The van der Waals surface area contributed by atoms with E-state index in [9.17, 15) is 9.90 Å². The van der Waals surface area contributed by atoms with E-state index in [-0.39, 0.29) is 5.56 Å². The molecule has 0 aliphatic rings. The van der Waals surface area contributed by atoms with E-state index < -0.39 is 5.97 Å². The van der Waals surface area contributed by atoms with Crippen molar-refractivity contribution >= 4 is 29.3 Å². The molecule has 0 unspecified atom stereocenters. The highest BCUT2D eigenvalue weighted by molar-refractivity contribution is 5.89. The molecule has 9 nitrogen and oxygen atoms in total. The zero-order valence-electron chi connectivity index (χ0n) is 26.1. The van der Waals surface area contributed by atoms with E-state index in [4.69, 9.17) is 15.1 Å². The van der Waals surface area contributed by atoms with Crippen molar-refractivity contribution in [2.24, 2.45) is 5.16 Å². The predicted molar refractivity (Wildman–Crippen MR) is 190 cm³/mol. The van der Waals surface area contributed by atoms with Crippen molar-refractivity contribution in [3.8, 4) is 39.7 Å². The second-order valence-corrected chi connectivity index (χ2v) is 11.2. The first-order valence-corrected chi connectivity index (χ1v) is 15.4. The molecule has 3 heterocycles. The molecule has 49 heavy (non-hydrogen) atoms. The minimum absolute atomic E-state index is 0.216. The van der Waals surface area contributed by atoms with Crippen LogP contribution in [-0.4, -0.2) is 31.7 Å². The molecule has 2 N–H and O–H groups in total. The maximum atomic E-state index is 11.4. The molecular formula is C40H28N6O3. The van der Waals surface area contributed by atoms with Crippen LogP contribution in [0.1, 0.15) is 27.0 Å². The zero-order chi connectivity index (χ0) is 33.6. The van der Waals surface area contributed by atoms with Gasteiger partial charge in [0.15, 0.2) is 0 Å². The van der Waals surface area contributed by atoms with Crippen LogP contribution in [0.4, 0.5) is 11.5 Å². The van der Waals surface area contributed by atoms with Crippen molar-refractivity contribution in [2.75, 3.05) is 5.32 Å². The third-order valence-corrected chi connectivity index (χ3v) is 7.96. The van der Waals surface area contributed by atoms with Gasteiger partial charge in [-0.3, -0.25) is 9.38 Å². The Balaban J connectivity index is 1.08. The van der Waals surface area contributed by atoms with Gasteiger partial charge >= 0.3 is 5.97 Å². The lowest BCUT2D eigenvalue weighted by Gasteiger charge is -2.10. The van der Waals surface area contributed by atoms with E-state index >= 15 is 0 Å². The second-order valence-electron chi connectivity index (χ2n) is 11.2. The number of carboxylic acids is 1. The summed E-state index contributed by atoms with van der Waals surface area (Å²) in [6.07, 6.45) is 5.21. The molecule has 236 valence electrons. The highest BCUT2D eigenvalue weighted by Gasteiger charge is 2.16. The number of oxime groups is 1. The average molecular weight is 641 g/mol. The highest BCUT2D eigenvalue weighted by atomic mass is 16.6. The molecule has 0 fully saturated rings. The molecule has 3 aromatic heterocycles. The van der Waals surface area contributed by atoms with Crippen LogP contribution >= 0.6 is 0 Å². The molecule has 0 bridgehead atoms. The maximum Gasteiger partial charge on any atom is 0.335 e. The predicted octanol–water partition coefficient (Wildman–Crippen LogP) is 8.59. The number of aromatic nitrogens is 3. The first-order chi connectivity index (χ1) is 24.0. The van der Waals surface area contributed by atoms with Crippen LogP contribution in [0.25, 0.3) is 39.3 Å². The Morgan fingerprint density at radius 2 is 1.61 bits per heavy atom. The number of hydrogen-bond donors (Lipinski definition) is 2. The summed E-state index contributed by atoms with van der Waals surface area (Å²) in [4.78, 5) is 26.3. The number of anilines is 2. The summed E-state index contributed by atoms with van der Waals surface area (Å²) in [6.45, 7) is 0.310. The number of carbonyl (C=O) groups is 1. The van der Waals surface area contributed by atoms with Crippen LogP contribution in [0.5, 0.6) is 0 Å². The standard InChI is InChI=1S/C40H28N6O3/c41-23-29-10-19-36(42-24-29)31-11-8-28(9-12-31)26-49-43-25-27-6-13-32(14-7-27)38-39(44-35-17-15-33(16-18-35)40(47)48)46-21-20-34(22-37(46)45-38)30-4-2-1-3-5-30/h1-22,24-25,44H,26H2,(H,47,48)/b43-25+. The first-order valence-electron chi connectivity index (χ1n) is 15.4. The monoisotopic (exact) mass is 640 g/mol. The number of nitriles is 1. The average Bonchev–Trinajstić information content (AvgIpc) is 3.51. The van der Waals surface area contributed by atoms with Gasteiger partial charge in [0.05, 0.1) is 23.0 Å². The van der Waals surface area contributed by atoms with Crippen molar-refractivity contribution in [2.45, 2.75) is 6.61 Å². The number of nitrogens with zero attached hydrogens (tertiary/aromatic N) is 5. The number of fused-ring (bicyclic) bond motifs is 1. The Morgan fingerprint density at radius 1 is 0.857 bits per heavy atom. The third kappa shape index (κ3) is 6.89. The second kappa shape index (κ2) is 13.7. The van der Waals surface area contributed by atoms with Crippen molar-refractivity contribution in [3.05, 3.63) is 162 Å². The fraction of sp³-hybridized carbons (Fsp3) is 0.0250. The normalized spacial score (nSPS) is 11.0. The topological polar surface area (TPSA) is 125 Å². The maximum absolute atomic E-state index is 11.4. The van der Waals surface area contributed by atoms with Gasteiger partial charge in [0.25, 0.3) is 0 Å². The quantitative estimate of drug-likeness (QED) is 0.113. The summed E-state index contributed by atoms with van der Waals surface area (Å²) in [6, 6.07) is 42.2. The van der Waals surface area contributed by atoms with Gasteiger partial charge in [0.2, 0.25) is 0 Å². The summed E-state index contributed by atoms with van der Waals surface area (Å²) in [7, 11) is 0. The lowest BCUT2D eigenvalue weighted by atomic mass is 10.1.